The molecule has 4 N–H and O–H groups in total. The number of aliphatic hydroxyl groups excluding tert-OH is 2. The molecule has 2 atom stereocenters. The van der Waals surface area contributed by atoms with Crippen LogP contribution in [0.25, 0.3) is 0 Å². The summed E-state index contributed by atoms with van der Waals surface area (Å²) in [6, 6.07) is 2.73. The van der Waals surface area contributed by atoms with E-state index in [2.05, 4.69) is 0 Å². The maximum absolute atomic E-state index is 10.5. The number of nitrogens with two attached hydrogens (primary N) is 1. The van der Waals surface area contributed by atoms with Gasteiger partial charge in [-0.1, -0.05) is 0 Å². The second-order valence-electron chi connectivity index (χ2n) is 2.43. The van der Waals surface area contributed by atoms with Gasteiger partial charge >= 0.3 is 0 Å². The minimum Gasteiger partial charge on any atom is -0.447 e. The first kappa shape index (κ1) is 10.0. The van der Waals surface area contributed by atoms with Crippen molar-refractivity contribution in [3.63, 3.8) is 0 Å². The monoisotopic (exact) mass is 205 g/mol. The standard InChI is InChI=1S/C7H8ClNO4/c8-4-2-1-3(13-4)5(10)6(11)7(9)12/h1-2,5-6,10-11H,(H2,9,12). The summed E-state index contributed by atoms with van der Waals surface area (Å²) < 4.78 is 4.76. The number of furan rings is 1. The van der Waals surface area contributed by atoms with Gasteiger partial charge in [-0.25, -0.2) is 0 Å². The highest BCUT2D eigenvalue weighted by Crippen LogP contribution is 2.22. The molecule has 1 heterocycles. The molecule has 0 aliphatic heterocycles. The quantitative estimate of drug-likeness (QED) is 0.637. The number of primary amides is 1. The summed E-state index contributed by atoms with van der Waals surface area (Å²) in [4.78, 5) is 10.5. The van der Waals surface area contributed by atoms with Crippen molar-refractivity contribution in [2.45, 2.75) is 12.2 Å². The Balaban J connectivity index is 2.78. The zero-order valence-electron chi connectivity index (χ0n) is 6.48. The molecular weight excluding hydrogens is 198 g/mol. The molecule has 1 aromatic heterocycles. The van der Waals surface area contributed by atoms with Crippen molar-refractivity contribution < 1.29 is 19.4 Å². The number of carbonyl (C=O) groups is 1. The van der Waals surface area contributed by atoms with Crippen LogP contribution in [-0.4, -0.2) is 22.2 Å². The van der Waals surface area contributed by atoms with Gasteiger partial charge in [-0.2, -0.15) is 0 Å². The maximum atomic E-state index is 10.5. The number of rotatable bonds is 3. The van der Waals surface area contributed by atoms with Gasteiger partial charge in [-0.3, -0.25) is 4.79 Å². The van der Waals surface area contributed by atoms with Gasteiger partial charge in [0.2, 0.25) is 5.91 Å². The molecular formula is C7H8ClNO4. The van der Waals surface area contributed by atoms with Crippen LogP contribution in [0.3, 0.4) is 0 Å². The number of amides is 1. The molecule has 0 saturated carbocycles. The van der Waals surface area contributed by atoms with Gasteiger partial charge in [-0.15, -0.1) is 0 Å². The Morgan fingerprint density at radius 1 is 1.54 bits per heavy atom. The van der Waals surface area contributed by atoms with E-state index >= 15 is 0 Å². The molecule has 0 aliphatic rings. The van der Waals surface area contributed by atoms with E-state index in [1.807, 2.05) is 0 Å². The highest BCUT2D eigenvalue weighted by atomic mass is 35.5. The maximum Gasteiger partial charge on any atom is 0.249 e. The van der Waals surface area contributed by atoms with Crippen molar-refractivity contribution in [3.05, 3.63) is 23.1 Å². The number of hydrogen-bond donors (Lipinski definition) is 3. The first-order valence-electron chi connectivity index (χ1n) is 3.43. The molecule has 6 heteroatoms. The van der Waals surface area contributed by atoms with Crippen molar-refractivity contribution in [3.8, 4) is 0 Å². The van der Waals surface area contributed by atoms with Crippen LogP contribution in [0.4, 0.5) is 0 Å². The Morgan fingerprint density at radius 2 is 2.15 bits per heavy atom. The van der Waals surface area contributed by atoms with Gasteiger partial charge in [0, 0.05) is 0 Å². The molecule has 13 heavy (non-hydrogen) atoms. The lowest BCUT2D eigenvalue weighted by molar-refractivity contribution is -0.132. The average Bonchev–Trinajstić information content (AvgIpc) is 2.49. The van der Waals surface area contributed by atoms with E-state index in [9.17, 15) is 9.90 Å². The van der Waals surface area contributed by atoms with E-state index in [0.29, 0.717) is 0 Å². The lowest BCUT2D eigenvalue weighted by atomic mass is 10.1. The van der Waals surface area contributed by atoms with Gasteiger partial charge in [0.15, 0.2) is 11.3 Å². The third-order valence-electron chi connectivity index (χ3n) is 1.48. The van der Waals surface area contributed by atoms with Crippen molar-refractivity contribution >= 4 is 17.5 Å². The van der Waals surface area contributed by atoms with E-state index in [0.717, 1.165) is 0 Å². The van der Waals surface area contributed by atoms with E-state index in [1.54, 1.807) is 0 Å². The first-order chi connectivity index (χ1) is 6.02. The Bertz CT molecular complexity index is 311. The summed E-state index contributed by atoms with van der Waals surface area (Å²) in [5.74, 6) is -1.03. The normalized spacial score (nSPS) is 15.3. The minimum atomic E-state index is -1.69. The van der Waals surface area contributed by atoms with Crippen molar-refractivity contribution in [2.24, 2.45) is 5.73 Å². The van der Waals surface area contributed by atoms with E-state index in [-0.39, 0.29) is 11.0 Å². The Labute approximate surface area is 78.7 Å². The lowest BCUT2D eigenvalue weighted by Crippen LogP contribution is -2.33. The van der Waals surface area contributed by atoms with Crippen LogP contribution in [0.5, 0.6) is 0 Å². The third-order valence-corrected chi connectivity index (χ3v) is 1.68. The van der Waals surface area contributed by atoms with Crippen LogP contribution >= 0.6 is 11.6 Å². The average molecular weight is 206 g/mol. The molecule has 0 bridgehead atoms. The van der Waals surface area contributed by atoms with Crippen LogP contribution in [-0.2, 0) is 4.79 Å². The summed E-state index contributed by atoms with van der Waals surface area (Å²) >= 11 is 5.41. The highest BCUT2D eigenvalue weighted by Gasteiger charge is 2.25. The second-order valence-corrected chi connectivity index (χ2v) is 2.81. The van der Waals surface area contributed by atoms with Crippen LogP contribution in [0.15, 0.2) is 16.5 Å². The molecule has 1 amide bonds. The molecule has 0 radical (unpaired) electrons. The van der Waals surface area contributed by atoms with Crippen LogP contribution in [0.2, 0.25) is 5.22 Å². The van der Waals surface area contributed by atoms with Gasteiger partial charge in [0.25, 0.3) is 0 Å². The summed E-state index contributed by atoms with van der Waals surface area (Å²) in [5.41, 5.74) is 4.76. The molecule has 72 valence electrons. The molecule has 1 aromatic rings. The fraction of sp³-hybridized carbons (Fsp3) is 0.286. The number of carbonyl (C=O) groups excluding carboxylic acids is 1. The largest absolute Gasteiger partial charge is 0.447 e. The summed E-state index contributed by atoms with van der Waals surface area (Å²) in [5, 5.41) is 18.4. The summed E-state index contributed by atoms with van der Waals surface area (Å²) in [6.07, 6.45) is -3.17. The smallest absolute Gasteiger partial charge is 0.249 e. The van der Waals surface area contributed by atoms with E-state index in [1.165, 1.54) is 12.1 Å². The van der Waals surface area contributed by atoms with Gasteiger partial charge in [-0.05, 0) is 23.7 Å². The highest BCUT2D eigenvalue weighted by molar-refractivity contribution is 6.28. The predicted molar refractivity (Wildman–Crippen MR) is 43.9 cm³/mol. The Morgan fingerprint density at radius 3 is 2.54 bits per heavy atom. The first-order valence-corrected chi connectivity index (χ1v) is 3.81. The predicted octanol–water partition coefficient (Wildman–Crippen LogP) is -0.187. The molecule has 0 saturated heterocycles. The Kier molecular flexibility index (Phi) is 2.92. The molecule has 1 rings (SSSR count). The molecule has 0 spiro atoms. The van der Waals surface area contributed by atoms with Gasteiger partial charge < -0.3 is 20.4 Å². The summed E-state index contributed by atoms with van der Waals surface area (Å²) in [7, 11) is 0. The molecule has 0 fully saturated rings. The summed E-state index contributed by atoms with van der Waals surface area (Å²) in [6.45, 7) is 0. The molecule has 0 aliphatic carbocycles. The van der Waals surface area contributed by atoms with Crippen molar-refractivity contribution in [1.29, 1.82) is 0 Å². The van der Waals surface area contributed by atoms with Crippen molar-refractivity contribution in [1.82, 2.24) is 0 Å². The fourth-order valence-corrected chi connectivity index (χ4v) is 0.951. The zero-order valence-corrected chi connectivity index (χ0v) is 7.23. The fourth-order valence-electron chi connectivity index (χ4n) is 0.798. The minimum absolute atomic E-state index is 0.00343. The van der Waals surface area contributed by atoms with Crippen LogP contribution in [0, 0.1) is 0 Å². The number of aliphatic hydroxyl groups is 2. The van der Waals surface area contributed by atoms with Gasteiger partial charge in [0.1, 0.15) is 11.9 Å². The van der Waals surface area contributed by atoms with E-state index < -0.39 is 18.1 Å². The van der Waals surface area contributed by atoms with Crippen LogP contribution in [0.1, 0.15) is 11.9 Å². The topological polar surface area (TPSA) is 96.7 Å². The number of hydrogen-bond acceptors (Lipinski definition) is 4. The molecule has 5 nitrogen and oxygen atoms in total. The molecule has 0 aromatic carbocycles. The Hall–Kier alpha value is -1.04. The van der Waals surface area contributed by atoms with Crippen molar-refractivity contribution in [2.75, 3.05) is 0 Å². The lowest BCUT2D eigenvalue weighted by Gasteiger charge is -2.11. The SMILES string of the molecule is NC(=O)C(O)C(O)c1ccc(Cl)o1. The van der Waals surface area contributed by atoms with Gasteiger partial charge in [0.05, 0.1) is 0 Å². The molecule has 2 unspecified atom stereocenters. The number of halogens is 1. The second kappa shape index (κ2) is 3.78. The third kappa shape index (κ3) is 2.21. The zero-order chi connectivity index (χ0) is 10.0. The van der Waals surface area contributed by atoms with Crippen LogP contribution < -0.4 is 5.73 Å². The van der Waals surface area contributed by atoms with E-state index in [4.69, 9.17) is 26.9 Å².